The van der Waals surface area contributed by atoms with Crippen LogP contribution in [0.1, 0.15) is 0 Å². The van der Waals surface area contributed by atoms with E-state index in [-0.39, 0.29) is 76.9 Å². The van der Waals surface area contributed by atoms with Gasteiger partial charge in [0.2, 0.25) is 0 Å². The van der Waals surface area contributed by atoms with Gasteiger partial charge in [-0.1, -0.05) is 0 Å². The van der Waals surface area contributed by atoms with Crippen LogP contribution in [0.25, 0.3) is 0 Å². The Hall–Kier alpha value is 1.94. The molecule has 0 aromatic heterocycles. The molecule has 0 heterocycles. The second-order valence-electron chi connectivity index (χ2n) is 0.283. The zero-order valence-corrected chi connectivity index (χ0v) is 3.30. The summed E-state index contributed by atoms with van der Waals surface area (Å²) in [4.78, 5) is 14.3. The van der Waals surface area contributed by atoms with Crippen LogP contribution in [-0.2, 0) is 4.46 Å². The van der Waals surface area contributed by atoms with Crippen LogP contribution in [0.3, 0.4) is 0 Å². The van der Waals surface area contributed by atoms with Crippen LogP contribution in [0, 0.1) is 0 Å². The van der Waals surface area contributed by atoms with Gasteiger partial charge in [-0.25, -0.2) is 0 Å². The van der Waals surface area contributed by atoms with Gasteiger partial charge < -0.3 is 15.1 Å². The van der Waals surface area contributed by atoms with E-state index in [1.165, 1.54) is 0 Å². The zero-order valence-electron chi connectivity index (χ0n) is 2.30. The van der Waals surface area contributed by atoms with Gasteiger partial charge in [0.05, 0.1) is 0 Å². The van der Waals surface area contributed by atoms with Gasteiger partial charge in [-0.3, -0.25) is 4.46 Å². The number of hydrogen-bond acceptors (Lipinski definition) is 1. The molecule has 8 heavy (non-hydrogen) atoms. The van der Waals surface area contributed by atoms with E-state index in [1.54, 1.807) is 0 Å². The first kappa shape index (κ1) is 32.6. The molecular formula is H8LiMgNaO4Si. The van der Waals surface area contributed by atoms with E-state index in [4.69, 9.17) is 14.1 Å². The van der Waals surface area contributed by atoms with Crippen LogP contribution in [0.5, 0.6) is 0 Å². The molecule has 8 heteroatoms. The Kier molecular flexibility index (Phi) is 94.0. The van der Waals surface area contributed by atoms with Crippen molar-refractivity contribution in [2.24, 2.45) is 0 Å². The van der Waals surface area contributed by atoms with Crippen molar-refractivity contribution in [3.63, 3.8) is 0 Å². The van der Waals surface area contributed by atoms with Crippen molar-refractivity contribution in [3.05, 3.63) is 0 Å². The first-order valence-corrected chi connectivity index (χ1v) is 1.95. The van der Waals surface area contributed by atoms with Gasteiger partial charge in [-0.05, 0) is 0 Å². The Morgan fingerprint density at radius 1 is 1.25 bits per heavy atom. The van der Waals surface area contributed by atoms with E-state index in [2.05, 4.69) is 0 Å². The Morgan fingerprint density at radius 2 is 1.25 bits per heavy atom. The van der Waals surface area contributed by atoms with Crippen molar-refractivity contribution < 1.29 is 19.5 Å². The van der Waals surface area contributed by atoms with Gasteiger partial charge in [-0.15, -0.1) is 0 Å². The standard InChI is InChI=1S/Li.Mg.Na.H2O3Si.H2O.4H/c;;;1-4(2)3;;;;;/h;;;1-2H;1H2;;;;. The average Bonchev–Trinajstić information content (AvgIpc) is 0.811. The molecule has 0 spiro atoms. The summed E-state index contributed by atoms with van der Waals surface area (Å²) in [7, 11) is -3.13. The summed E-state index contributed by atoms with van der Waals surface area (Å²) in [5.74, 6) is 0. The van der Waals surface area contributed by atoms with Gasteiger partial charge in [0.1, 0.15) is 0 Å². The SMILES string of the molecule is O.O=[Si](O)O.[LiH].[MgH2].[NaH]. The van der Waals surface area contributed by atoms with Gasteiger partial charge in [-0.2, -0.15) is 0 Å². The summed E-state index contributed by atoms with van der Waals surface area (Å²) in [5.41, 5.74) is 0. The summed E-state index contributed by atoms with van der Waals surface area (Å²) < 4.78 is 8.74. The Bertz CT molecular complexity index is 39.0. The van der Waals surface area contributed by atoms with Crippen molar-refractivity contribution >= 4 is 80.6 Å². The topological polar surface area (TPSA) is 89.0 Å². The Morgan fingerprint density at radius 3 is 1.25 bits per heavy atom. The van der Waals surface area contributed by atoms with Crippen LogP contribution in [0.2, 0.25) is 0 Å². The third kappa shape index (κ3) is 102. The van der Waals surface area contributed by atoms with E-state index in [1.807, 2.05) is 0 Å². The fraction of sp³-hybridized carbons (Fsp3) is 0. The van der Waals surface area contributed by atoms with Crippen molar-refractivity contribution in [2.45, 2.75) is 0 Å². The molecule has 0 aliphatic heterocycles. The molecule has 40 valence electrons. The molecule has 4 N–H and O–H groups in total. The second-order valence-corrected chi connectivity index (χ2v) is 0.848. The summed E-state index contributed by atoms with van der Waals surface area (Å²) in [5, 5.41) is 0. The molecule has 4 nitrogen and oxygen atoms in total. The molecule has 0 saturated carbocycles. The molecule has 0 fully saturated rings. The molecular weight excluding hydrogens is 146 g/mol. The molecule has 0 unspecified atom stereocenters. The summed E-state index contributed by atoms with van der Waals surface area (Å²) in [6, 6.07) is 0. The van der Waals surface area contributed by atoms with Gasteiger partial charge in [0.15, 0.2) is 0 Å². The summed E-state index contributed by atoms with van der Waals surface area (Å²) in [6.07, 6.45) is 0. The maximum absolute atomic E-state index is 8.74. The predicted octanol–water partition coefficient (Wildman–Crippen LogP) is -4.65. The first-order chi connectivity index (χ1) is 1.73. The van der Waals surface area contributed by atoms with Crippen LogP contribution in [0.15, 0.2) is 0 Å². The molecule has 0 aliphatic carbocycles. The maximum atomic E-state index is 8.74. The van der Waals surface area contributed by atoms with Gasteiger partial charge in [0, 0.05) is 0 Å². The minimum absolute atomic E-state index is 0. The quantitative estimate of drug-likeness (QED) is 0.344. The Labute approximate surface area is 98.9 Å². The third-order valence-electron chi connectivity index (χ3n) is 0. The molecule has 0 bridgehead atoms. The van der Waals surface area contributed by atoms with Gasteiger partial charge in [0.25, 0.3) is 0 Å². The van der Waals surface area contributed by atoms with Crippen molar-refractivity contribution in [1.82, 2.24) is 0 Å². The zero-order chi connectivity index (χ0) is 3.58. The Balaban J connectivity index is -0.00000000750. The molecule has 0 aliphatic rings. The predicted molar refractivity (Wildman–Crippen MR) is 37.3 cm³/mol. The number of hydrogen-bond donors (Lipinski definition) is 2. The van der Waals surface area contributed by atoms with Crippen molar-refractivity contribution in [1.29, 1.82) is 0 Å². The van der Waals surface area contributed by atoms with Crippen molar-refractivity contribution in [2.75, 3.05) is 0 Å². The number of rotatable bonds is 0. The summed E-state index contributed by atoms with van der Waals surface area (Å²) in [6.45, 7) is 0. The minimum atomic E-state index is -3.13. The molecule has 0 saturated heterocycles. The molecule has 0 radical (unpaired) electrons. The fourth-order valence-corrected chi connectivity index (χ4v) is 0. The van der Waals surface area contributed by atoms with Gasteiger partial charge >= 0.3 is 80.6 Å². The molecule has 0 aromatic carbocycles. The van der Waals surface area contributed by atoms with Crippen LogP contribution in [0.4, 0.5) is 0 Å². The monoisotopic (exact) mass is 154 g/mol. The summed E-state index contributed by atoms with van der Waals surface area (Å²) >= 11 is 0. The van der Waals surface area contributed by atoms with Crippen LogP contribution >= 0.6 is 0 Å². The molecule has 0 rings (SSSR count). The first-order valence-electron chi connectivity index (χ1n) is 0.651. The molecule has 0 amide bonds. The molecule has 0 aromatic rings. The second kappa shape index (κ2) is 23.1. The normalized spacial score (nSPS) is 3.00. The van der Waals surface area contributed by atoms with E-state index in [0.717, 1.165) is 0 Å². The molecule has 0 atom stereocenters. The van der Waals surface area contributed by atoms with E-state index in [0.29, 0.717) is 0 Å². The third-order valence-corrected chi connectivity index (χ3v) is 0. The van der Waals surface area contributed by atoms with Crippen molar-refractivity contribution in [3.8, 4) is 0 Å². The van der Waals surface area contributed by atoms with E-state index >= 15 is 0 Å². The van der Waals surface area contributed by atoms with E-state index in [9.17, 15) is 0 Å². The van der Waals surface area contributed by atoms with Crippen LogP contribution < -0.4 is 0 Å². The van der Waals surface area contributed by atoms with E-state index < -0.39 is 9.17 Å². The average molecular weight is 154 g/mol. The fourth-order valence-electron chi connectivity index (χ4n) is 0. The van der Waals surface area contributed by atoms with Crippen LogP contribution in [-0.4, -0.2) is 95.7 Å².